The van der Waals surface area contributed by atoms with Gasteiger partial charge in [-0.05, 0) is 13.8 Å². The fourth-order valence-corrected chi connectivity index (χ4v) is 1.91. The molecule has 0 saturated carbocycles. The number of ether oxygens (including phenoxy) is 1. The summed E-state index contributed by atoms with van der Waals surface area (Å²) in [7, 11) is 0. The van der Waals surface area contributed by atoms with Crippen molar-refractivity contribution in [3.63, 3.8) is 0 Å². The number of rotatable bonds is 5. The molecule has 0 aliphatic carbocycles. The monoisotopic (exact) mass is 211 g/mol. The Morgan fingerprint density at radius 3 is 2.60 bits per heavy atom. The molecule has 0 aromatic carbocycles. The predicted molar refractivity (Wildman–Crippen MR) is 59.5 cm³/mol. The first-order chi connectivity index (χ1) is 7.22. The number of nitrogens with one attached hydrogen (secondary N) is 1. The van der Waals surface area contributed by atoms with E-state index < -0.39 is 0 Å². The Kier molecular flexibility index (Phi) is 5.62. The molecule has 2 unspecified atom stereocenters. The average Bonchev–Trinajstić information content (AvgIpc) is 2.19. The molecule has 1 aliphatic rings. The predicted octanol–water partition coefficient (Wildman–Crippen LogP) is 0.599. The summed E-state index contributed by atoms with van der Waals surface area (Å²) in [6.45, 7) is 9.01. The maximum Gasteiger partial charge on any atom is 0.0638 e. The Hall–Kier alpha value is -0.630. The van der Waals surface area contributed by atoms with Crippen LogP contribution >= 0.6 is 0 Å². The number of nitriles is 1. The molecule has 15 heavy (non-hydrogen) atoms. The SMILES string of the molecule is CC(CC#N)NC(C)CN1CCOCC1. The summed E-state index contributed by atoms with van der Waals surface area (Å²) < 4.78 is 5.30. The molecule has 0 aromatic heterocycles. The molecule has 1 heterocycles. The van der Waals surface area contributed by atoms with E-state index in [1.165, 1.54) is 0 Å². The number of hydrogen-bond donors (Lipinski definition) is 1. The minimum Gasteiger partial charge on any atom is -0.379 e. The van der Waals surface area contributed by atoms with Crippen LogP contribution in [0.1, 0.15) is 20.3 Å². The molecule has 0 bridgehead atoms. The van der Waals surface area contributed by atoms with Gasteiger partial charge < -0.3 is 10.1 Å². The highest BCUT2D eigenvalue weighted by atomic mass is 16.5. The molecule has 4 nitrogen and oxygen atoms in total. The zero-order valence-electron chi connectivity index (χ0n) is 9.70. The second-order valence-corrected chi connectivity index (χ2v) is 4.24. The first-order valence-electron chi connectivity index (χ1n) is 5.65. The first kappa shape index (κ1) is 12.4. The van der Waals surface area contributed by atoms with Gasteiger partial charge in [-0.3, -0.25) is 4.90 Å². The average molecular weight is 211 g/mol. The van der Waals surface area contributed by atoms with Gasteiger partial charge in [-0.15, -0.1) is 0 Å². The Morgan fingerprint density at radius 2 is 2.00 bits per heavy atom. The molecule has 0 aromatic rings. The summed E-state index contributed by atoms with van der Waals surface area (Å²) in [5, 5.41) is 12.0. The van der Waals surface area contributed by atoms with Crippen molar-refractivity contribution in [3.05, 3.63) is 0 Å². The van der Waals surface area contributed by atoms with Gasteiger partial charge >= 0.3 is 0 Å². The maximum atomic E-state index is 8.55. The van der Waals surface area contributed by atoms with Crippen molar-refractivity contribution in [1.82, 2.24) is 10.2 Å². The van der Waals surface area contributed by atoms with Crippen molar-refractivity contribution >= 4 is 0 Å². The highest BCUT2D eigenvalue weighted by Crippen LogP contribution is 2.00. The van der Waals surface area contributed by atoms with E-state index in [1.807, 2.05) is 0 Å². The van der Waals surface area contributed by atoms with E-state index in [1.54, 1.807) is 0 Å². The van der Waals surface area contributed by atoms with E-state index in [4.69, 9.17) is 10.00 Å². The van der Waals surface area contributed by atoms with Gasteiger partial charge in [0.05, 0.1) is 25.7 Å². The fourth-order valence-electron chi connectivity index (χ4n) is 1.91. The second-order valence-electron chi connectivity index (χ2n) is 4.24. The Balaban J connectivity index is 2.16. The minimum atomic E-state index is 0.283. The zero-order valence-corrected chi connectivity index (χ0v) is 9.70. The first-order valence-corrected chi connectivity index (χ1v) is 5.65. The quantitative estimate of drug-likeness (QED) is 0.723. The van der Waals surface area contributed by atoms with Crippen LogP contribution in [0.4, 0.5) is 0 Å². The lowest BCUT2D eigenvalue weighted by Gasteiger charge is -2.30. The lowest BCUT2D eigenvalue weighted by molar-refractivity contribution is 0.0340. The van der Waals surface area contributed by atoms with Crippen molar-refractivity contribution < 1.29 is 4.74 Å². The van der Waals surface area contributed by atoms with Gasteiger partial charge in [-0.25, -0.2) is 0 Å². The summed E-state index contributed by atoms with van der Waals surface area (Å²) in [6, 6.07) is 2.90. The lowest BCUT2D eigenvalue weighted by Crippen LogP contribution is -2.46. The molecule has 0 amide bonds. The molecule has 0 spiro atoms. The van der Waals surface area contributed by atoms with E-state index in [2.05, 4.69) is 30.1 Å². The molecule has 4 heteroatoms. The highest BCUT2D eigenvalue weighted by molar-refractivity contribution is 4.80. The molecule has 86 valence electrons. The largest absolute Gasteiger partial charge is 0.379 e. The van der Waals surface area contributed by atoms with Crippen LogP contribution < -0.4 is 5.32 Å². The summed E-state index contributed by atoms with van der Waals surface area (Å²) in [5.74, 6) is 0. The molecule has 2 atom stereocenters. The van der Waals surface area contributed by atoms with Gasteiger partial charge in [-0.1, -0.05) is 0 Å². The molecular weight excluding hydrogens is 190 g/mol. The third kappa shape index (κ3) is 5.12. The fraction of sp³-hybridized carbons (Fsp3) is 0.909. The number of hydrogen-bond acceptors (Lipinski definition) is 4. The summed E-state index contributed by atoms with van der Waals surface area (Å²) >= 11 is 0. The topological polar surface area (TPSA) is 48.3 Å². The van der Waals surface area contributed by atoms with Gasteiger partial charge in [0.1, 0.15) is 0 Å². The van der Waals surface area contributed by atoms with E-state index in [-0.39, 0.29) is 6.04 Å². The van der Waals surface area contributed by atoms with Crippen molar-refractivity contribution in [2.45, 2.75) is 32.4 Å². The third-order valence-electron chi connectivity index (χ3n) is 2.60. The van der Waals surface area contributed by atoms with Crippen LogP contribution in [0.2, 0.25) is 0 Å². The Labute approximate surface area is 92.2 Å². The molecule has 1 N–H and O–H groups in total. The van der Waals surface area contributed by atoms with Crippen molar-refractivity contribution in [3.8, 4) is 6.07 Å². The van der Waals surface area contributed by atoms with Gasteiger partial charge in [-0.2, -0.15) is 5.26 Å². The minimum absolute atomic E-state index is 0.283. The Morgan fingerprint density at radius 1 is 1.33 bits per heavy atom. The van der Waals surface area contributed by atoms with Crippen LogP contribution in [-0.4, -0.2) is 49.8 Å². The van der Waals surface area contributed by atoms with Crippen LogP contribution in [0, 0.1) is 11.3 Å². The van der Waals surface area contributed by atoms with E-state index >= 15 is 0 Å². The normalized spacial score (nSPS) is 21.9. The number of nitrogens with zero attached hydrogens (tertiary/aromatic N) is 2. The van der Waals surface area contributed by atoms with Crippen LogP contribution in [0.5, 0.6) is 0 Å². The Bertz CT molecular complexity index is 208. The van der Waals surface area contributed by atoms with Crippen LogP contribution in [0.3, 0.4) is 0 Å². The molecule has 0 radical (unpaired) electrons. The standard InChI is InChI=1S/C11H21N3O/c1-10(3-4-12)13-11(2)9-14-5-7-15-8-6-14/h10-11,13H,3,5-9H2,1-2H3. The van der Waals surface area contributed by atoms with Crippen molar-refractivity contribution in [2.24, 2.45) is 0 Å². The van der Waals surface area contributed by atoms with Gasteiger partial charge in [0.15, 0.2) is 0 Å². The molecule has 1 aliphatic heterocycles. The lowest BCUT2D eigenvalue weighted by atomic mass is 10.2. The van der Waals surface area contributed by atoms with Gasteiger partial charge in [0.2, 0.25) is 0 Å². The van der Waals surface area contributed by atoms with Crippen LogP contribution in [0.15, 0.2) is 0 Å². The summed E-state index contributed by atoms with van der Waals surface area (Å²) in [4.78, 5) is 2.40. The van der Waals surface area contributed by atoms with Gasteiger partial charge in [0, 0.05) is 31.7 Å². The summed E-state index contributed by atoms with van der Waals surface area (Å²) in [5.41, 5.74) is 0. The smallest absolute Gasteiger partial charge is 0.0638 e. The van der Waals surface area contributed by atoms with E-state index in [0.29, 0.717) is 12.5 Å². The molecule has 1 saturated heterocycles. The van der Waals surface area contributed by atoms with Gasteiger partial charge in [0.25, 0.3) is 0 Å². The number of morpholine rings is 1. The van der Waals surface area contributed by atoms with Crippen molar-refractivity contribution in [1.29, 1.82) is 5.26 Å². The molecule has 1 rings (SSSR count). The summed E-state index contributed by atoms with van der Waals surface area (Å²) in [6.07, 6.45) is 0.577. The second kappa shape index (κ2) is 6.78. The highest BCUT2D eigenvalue weighted by Gasteiger charge is 2.14. The zero-order chi connectivity index (χ0) is 11.1. The molecule has 1 fully saturated rings. The maximum absolute atomic E-state index is 8.55. The van der Waals surface area contributed by atoms with Crippen LogP contribution in [-0.2, 0) is 4.74 Å². The van der Waals surface area contributed by atoms with E-state index in [9.17, 15) is 0 Å². The van der Waals surface area contributed by atoms with Crippen LogP contribution in [0.25, 0.3) is 0 Å². The molecular formula is C11H21N3O. The van der Waals surface area contributed by atoms with Crippen molar-refractivity contribution in [2.75, 3.05) is 32.8 Å². The van der Waals surface area contributed by atoms with E-state index in [0.717, 1.165) is 32.8 Å². The third-order valence-corrected chi connectivity index (χ3v) is 2.60.